The van der Waals surface area contributed by atoms with Crippen molar-refractivity contribution in [3.8, 4) is 17.2 Å². The van der Waals surface area contributed by atoms with Crippen molar-refractivity contribution in [1.29, 1.82) is 0 Å². The highest BCUT2D eigenvalue weighted by Crippen LogP contribution is 2.32. The first-order valence-electron chi connectivity index (χ1n) is 6.26. The van der Waals surface area contributed by atoms with Crippen LogP contribution < -0.4 is 19.7 Å². The fourth-order valence-electron chi connectivity index (χ4n) is 2.03. The zero-order valence-electron chi connectivity index (χ0n) is 11.8. The number of benzene rings is 2. The van der Waals surface area contributed by atoms with E-state index in [0.717, 1.165) is 22.6 Å². The smallest absolute Gasteiger partial charge is 0.205 e. The van der Waals surface area contributed by atoms with Crippen molar-refractivity contribution in [2.75, 3.05) is 14.2 Å². The van der Waals surface area contributed by atoms with Gasteiger partial charge in [0.25, 0.3) is 0 Å². The first kappa shape index (κ1) is 15.7. The van der Waals surface area contributed by atoms with E-state index >= 15 is 0 Å². The van der Waals surface area contributed by atoms with Crippen molar-refractivity contribution in [2.24, 2.45) is 5.73 Å². The van der Waals surface area contributed by atoms with Gasteiger partial charge in [0.15, 0.2) is 0 Å². The molecular formula is C15H16NO3PS. The molecule has 2 rings (SSSR count). The highest BCUT2D eigenvalue weighted by molar-refractivity contribution is 7.94. The summed E-state index contributed by atoms with van der Waals surface area (Å²) in [5.41, 5.74) is 8.19. The lowest BCUT2D eigenvalue weighted by molar-refractivity contribution is 0.390. The highest BCUT2D eigenvalue weighted by Gasteiger charge is 2.15. The minimum atomic E-state index is -0.291. The van der Waals surface area contributed by atoms with E-state index in [1.807, 2.05) is 42.5 Å². The van der Waals surface area contributed by atoms with E-state index in [-0.39, 0.29) is 6.04 Å². The van der Waals surface area contributed by atoms with E-state index in [0.29, 0.717) is 13.3 Å². The van der Waals surface area contributed by atoms with Gasteiger partial charge in [-0.15, -0.1) is 0 Å². The average molecular weight is 321 g/mol. The average Bonchev–Trinajstić information content (AvgIpc) is 2.54. The zero-order valence-corrected chi connectivity index (χ0v) is 13.5. The van der Waals surface area contributed by atoms with E-state index in [4.69, 9.17) is 31.5 Å². The molecule has 6 heteroatoms. The van der Waals surface area contributed by atoms with Crippen LogP contribution >= 0.6 is 7.58 Å². The lowest BCUT2D eigenvalue weighted by Gasteiger charge is -2.17. The Kier molecular flexibility index (Phi) is 5.51. The van der Waals surface area contributed by atoms with Crippen molar-refractivity contribution >= 4 is 19.4 Å². The molecule has 1 atom stereocenters. The van der Waals surface area contributed by atoms with Gasteiger partial charge in [-0.2, -0.15) is 0 Å². The van der Waals surface area contributed by atoms with Gasteiger partial charge >= 0.3 is 0 Å². The number of hydrogen-bond donors (Lipinski definition) is 1. The Morgan fingerprint density at radius 1 is 1.00 bits per heavy atom. The Bertz CT molecular complexity index is 619. The van der Waals surface area contributed by atoms with Crippen molar-refractivity contribution in [3.05, 3.63) is 53.6 Å². The lowest BCUT2D eigenvalue weighted by Crippen LogP contribution is -2.13. The fourth-order valence-corrected chi connectivity index (χ4v) is 2.50. The molecule has 0 aliphatic heterocycles. The third-order valence-electron chi connectivity index (χ3n) is 3.16. The Morgan fingerprint density at radius 3 is 2.24 bits per heavy atom. The van der Waals surface area contributed by atoms with Gasteiger partial charge in [0.2, 0.25) is 7.58 Å². The molecule has 2 N–H and O–H groups in total. The molecule has 110 valence electrons. The van der Waals surface area contributed by atoms with Crippen LogP contribution in [0, 0.1) is 0 Å². The van der Waals surface area contributed by atoms with Gasteiger partial charge in [0, 0.05) is 11.6 Å². The third-order valence-corrected chi connectivity index (χ3v) is 3.67. The largest absolute Gasteiger partial charge is 0.497 e. The molecule has 0 fully saturated rings. The molecule has 21 heavy (non-hydrogen) atoms. The summed E-state index contributed by atoms with van der Waals surface area (Å²) in [7, 11) is 3.69. The molecular weight excluding hydrogens is 305 g/mol. The summed E-state index contributed by atoms with van der Waals surface area (Å²) in [5, 5.41) is 0. The van der Waals surface area contributed by atoms with Gasteiger partial charge in [-0.25, -0.2) is 0 Å². The summed E-state index contributed by atoms with van der Waals surface area (Å²) >= 11 is 4.75. The van der Waals surface area contributed by atoms with Gasteiger partial charge in [-0.05, 0) is 41.6 Å². The molecule has 4 nitrogen and oxygen atoms in total. The predicted molar refractivity (Wildman–Crippen MR) is 86.9 cm³/mol. The zero-order chi connectivity index (χ0) is 15.2. The number of nitrogens with two attached hydrogens (primary N) is 1. The molecule has 0 saturated heterocycles. The van der Waals surface area contributed by atoms with Crippen molar-refractivity contribution < 1.29 is 14.0 Å². The molecule has 0 heterocycles. The van der Waals surface area contributed by atoms with Crippen LogP contribution in [0.5, 0.6) is 17.2 Å². The summed E-state index contributed by atoms with van der Waals surface area (Å²) in [6.07, 6.45) is 0. The van der Waals surface area contributed by atoms with Gasteiger partial charge in [0.1, 0.15) is 17.2 Å². The van der Waals surface area contributed by atoms with Gasteiger partial charge in [-0.1, -0.05) is 12.1 Å². The Balaban J connectivity index is 2.30. The number of rotatable bonds is 6. The normalized spacial score (nSPS) is 12.0. The van der Waals surface area contributed by atoms with Crippen molar-refractivity contribution in [1.82, 2.24) is 0 Å². The van der Waals surface area contributed by atoms with E-state index in [2.05, 4.69) is 0 Å². The minimum absolute atomic E-state index is 0.291. The summed E-state index contributed by atoms with van der Waals surface area (Å²) < 4.78 is 15.8. The van der Waals surface area contributed by atoms with Crippen LogP contribution in [0.15, 0.2) is 42.5 Å². The van der Waals surface area contributed by atoms with Crippen LogP contribution in [0.1, 0.15) is 17.2 Å². The fraction of sp³-hybridized carbons (Fsp3) is 0.200. The predicted octanol–water partition coefficient (Wildman–Crippen LogP) is 3.45. The Morgan fingerprint density at radius 2 is 1.67 bits per heavy atom. The standard InChI is InChI=1S/C15H16NO3PS/c1-17-12-7-8-13(14(9-12)18-2)15(16)10-3-5-11(6-4-10)19-20-21/h3-9,15H,16H2,1-2H3. The van der Waals surface area contributed by atoms with Gasteiger partial charge in [-0.3, -0.25) is 0 Å². The maximum atomic E-state index is 6.32. The van der Waals surface area contributed by atoms with E-state index < -0.39 is 0 Å². The molecule has 0 radical (unpaired) electrons. The Hall–Kier alpha value is -1.68. The molecule has 2 aromatic carbocycles. The molecule has 0 spiro atoms. The van der Waals surface area contributed by atoms with Crippen LogP contribution in [-0.4, -0.2) is 14.2 Å². The van der Waals surface area contributed by atoms with Crippen molar-refractivity contribution in [3.63, 3.8) is 0 Å². The molecule has 0 bridgehead atoms. The van der Waals surface area contributed by atoms with Crippen LogP contribution in [0.4, 0.5) is 0 Å². The van der Waals surface area contributed by atoms with E-state index in [1.54, 1.807) is 14.2 Å². The molecule has 0 saturated carbocycles. The second kappa shape index (κ2) is 7.36. The topological polar surface area (TPSA) is 53.7 Å². The van der Waals surface area contributed by atoms with Crippen LogP contribution in [-0.2, 0) is 11.8 Å². The molecule has 2 aromatic rings. The maximum Gasteiger partial charge on any atom is 0.205 e. The summed E-state index contributed by atoms with van der Waals surface area (Å²) in [4.78, 5) is 0. The third kappa shape index (κ3) is 3.70. The van der Waals surface area contributed by atoms with Gasteiger partial charge < -0.3 is 19.7 Å². The highest BCUT2D eigenvalue weighted by atomic mass is 32.4. The maximum absolute atomic E-state index is 6.32. The Labute approximate surface area is 130 Å². The van der Waals surface area contributed by atoms with Crippen molar-refractivity contribution in [2.45, 2.75) is 6.04 Å². The summed E-state index contributed by atoms with van der Waals surface area (Å²) in [6, 6.07) is 12.9. The quantitative estimate of drug-likeness (QED) is 0.826. The molecule has 0 aromatic heterocycles. The SMILES string of the molecule is COc1ccc(C(N)c2ccc(OP=S)cc2)c(OC)c1. The summed E-state index contributed by atoms with van der Waals surface area (Å²) in [5.74, 6) is 2.16. The molecule has 0 aliphatic carbocycles. The lowest BCUT2D eigenvalue weighted by atomic mass is 9.98. The molecule has 0 aliphatic rings. The van der Waals surface area contributed by atoms with Crippen LogP contribution in [0.2, 0.25) is 0 Å². The first-order chi connectivity index (χ1) is 10.2. The second-order valence-electron chi connectivity index (χ2n) is 4.32. The van der Waals surface area contributed by atoms with Crippen LogP contribution in [0.3, 0.4) is 0 Å². The summed E-state index contributed by atoms with van der Waals surface area (Å²) in [6.45, 7) is 0. The number of ether oxygens (including phenoxy) is 2. The minimum Gasteiger partial charge on any atom is -0.497 e. The number of hydrogen-bond acceptors (Lipinski definition) is 5. The van der Waals surface area contributed by atoms with Crippen LogP contribution in [0.25, 0.3) is 0 Å². The van der Waals surface area contributed by atoms with E-state index in [9.17, 15) is 0 Å². The van der Waals surface area contributed by atoms with Gasteiger partial charge in [0.05, 0.1) is 20.3 Å². The molecule has 1 unspecified atom stereocenters. The first-order valence-corrected chi connectivity index (χ1v) is 8.09. The second-order valence-corrected chi connectivity index (χ2v) is 5.10. The van der Waals surface area contributed by atoms with E-state index in [1.165, 1.54) is 0 Å². The molecule has 0 amide bonds. The monoisotopic (exact) mass is 321 g/mol. The number of methoxy groups -OCH3 is 2.